The maximum absolute atomic E-state index is 8.69. The van der Waals surface area contributed by atoms with Crippen molar-refractivity contribution in [3.8, 4) is 6.07 Å². The first-order valence-corrected chi connectivity index (χ1v) is 8.71. The zero-order valence-corrected chi connectivity index (χ0v) is 14.2. The summed E-state index contributed by atoms with van der Waals surface area (Å²) in [5.74, 6) is 0. The molecule has 0 amide bonds. The van der Waals surface area contributed by atoms with Crippen LogP contribution in [-0.4, -0.2) is 29.0 Å². The van der Waals surface area contributed by atoms with Gasteiger partial charge in [0, 0.05) is 12.1 Å². The summed E-state index contributed by atoms with van der Waals surface area (Å²) in [6.07, 6.45) is 3.94. The van der Waals surface area contributed by atoms with Crippen molar-refractivity contribution in [1.29, 1.82) is 5.26 Å². The van der Waals surface area contributed by atoms with E-state index in [1.807, 2.05) is 0 Å². The van der Waals surface area contributed by atoms with Crippen LogP contribution in [0.1, 0.15) is 60.3 Å². The lowest BCUT2D eigenvalue weighted by molar-refractivity contribution is -0.235. The molecule has 3 fully saturated rings. The summed E-state index contributed by atoms with van der Waals surface area (Å²) in [5.41, 5.74) is 0.614. The van der Waals surface area contributed by atoms with Gasteiger partial charge >= 0.3 is 0 Å². The van der Waals surface area contributed by atoms with Gasteiger partial charge in [0.25, 0.3) is 8.53 Å². The van der Waals surface area contributed by atoms with Crippen molar-refractivity contribution in [3.63, 3.8) is 0 Å². The molecular weight excluding hydrogens is 271 g/mol. The van der Waals surface area contributed by atoms with Gasteiger partial charge in [-0.25, -0.2) is 4.67 Å². The van der Waals surface area contributed by atoms with Gasteiger partial charge in [0.1, 0.15) is 0 Å². The van der Waals surface area contributed by atoms with Crippen molar-refractivity contribution in [3.05, 3.63) is 0 Å². The van der Waals surface area contributed by atoms with Crippen LogP contribution >= 0.6 is 8.53 Å². The van der Waals surface area contributed by atoms with E-state index in [4.69, 9.17) is 14.3 Å². The summed E-state index contributed by atoms with van der Waals surface area (Å²) in [5, 5.41) is 8.69. The predicted octanol–water partition coefficient (Wildman–Crippen LogP) is 4.22. The van der Waals surface area contributed by atoms with Crippen molar-refractivity contribution in [2.45, 2.75) is 78.0 Å². The van der Waals surface area contributed by atoms with E-state index in [1.165, 1.54) is 19.3 Å². The van der Waals surface area contributed by atoms with E-state index in [0.29, 0.717) is 30.5 Å². The van der Waals surface area contributed by atoms with Crippen LogP contribution in [0.4, 0.5) is 0 Å². The molecular formula is C15H27N2O2P. The van der Waals surface area contributed by atoms with Crippen LogP contribution in [-0.2, 0) is 9.05 Å². The smallest absolute Gasteiger partial charge is 0.259 e. The maximum atomic E-state index is 8.69. The Bertz CT molecular complexity index is 364. The molecule has 3 saturated carbocycles. The van der Waals surface area contributed by atoms with Crippen LogP contribution in [0.5, 0.6) is 0 Å². The minimum Gasteiger partial charge on any atom is -0.321 e. The van der Waals surface area contributed by atoms with Crippen LogP contribution in [0.3, 0.4) is 0 Å². The topological polar surface area (TPSA) is 45.5 Å². The summed E-state index contributed by atoms with van der Waals surface area (Å²) in [4.78, 5) is 0. The molecule has 114 valence electrons. The van der Waals surface area contributed by atoms with Gasteiger partial charge in [-0.1, -0.05) is 6.92 Å². The first-order chi connectivity index (χ1) is 9.31. The molecule has 0 aliphatic heterocycles. The fourth-order valence-electron chi connectivity index (χ4n) is 3.72. The second kappa shape index (κ2) is 5.89. The average molecular weight is 298 g/mol. The molecule has 0 aromatic carbocycles. The highest BCUT2D eigenvalue weighted by Crippen LogP contribution is 2.72. The first-order valence-electron chi connectivity index (χ1n) is 7.58. The van der Waals surface area contributed by atoms with E-state index < -0.39 is 8.53 Å². The Balaban J connectivity index is 1.98. The van der Waals surface area contributed by atoms with Crippen LogP contribution in [0.15, 0.2) is 0 Å². The molecule has 3 aliphatic carbocycles. The number of hydrogen-bond acceptors (Lipinski definition) is 4. The van der Waals surface area contributed by atoms with Crippen LogP contribution < -0.4 is 0 Å². The van der Waals surface area contributed by atoms with Gasteiger partial charge in [0.05, 0.1) is 24.7 Å². The molecule has 0 heterocycles. The quantitative estimate of drug-likeness (QED) is 0.497. The molecule has 0 saturated heterocycles. The molecule has 1 atom stereocenters. The van der Waals surface area contributed by atoms with Crippen molar-refractivity contribution in [2.24, 2.45) is 5.41 Å². The molecule has 4 nitrogen and oxygen atoms in total. The molecule has 0 N–H and O–H groups in total. The van der Waals surface area contributed by atoms with Crippen molar-refractivity contribution in [1.82, 2.24) is 4.67 Å². The Kier molecular flexibility index (Phi) is 4.76. The van der Waals surface area contributed by atoms with E-state index in [2.05, 4.69) is 45.4 Å². The lowest BCUT2D eigenvalue weighted by Gasteiger charge is -2.69. The highest BCUT2D eigenvalue weighted by atomic mass is 31.2. The lowest BCUT2D eigenvalue weighted by Crippen LogP contribution is -2.66. The molecule has 0 spiro atoms. The SMILES string of the molecule is CC(C)N(C(C)C)P(OCCC#N)OC12CC(C)(C1)C2. The number of nitriles is 1. The van der Waals surface area contributed by atoms with Crippen LogP contribution in [0, 0.1) is 16.7 Å². The molecule has 3 rings (SSSR count). The second-order valence-electron chi connectivity index (χ2n) is 7.16. The van der Waals surface area contributed by atoms with Gasteiger partial charge < -0.3 is 9.05 Å². The molecule has 3 aliphatic rings. The molecule has 2 bridgehead atoms. The fourth-order valence-corrected chi connectivity index (χ4v) is 5.53. The minimum atomic E-state index is -1.06. The normalized spacial score (nSPS) is 33.0. The third-order valence-corrected chi connectivity index (χ3v) is 6.43. The Morgan fingerprint density at radius 2 is 1.75 bits per heavy atom. The standard InChI is InChI=1S/C15H27N2O2P/c1-12(2)17(13(3)4)20(18-8-6-7-16)19-15-9-14(5,10-15)11-15/h12-13H,6,8-11H2,1-5H3. The highest BCUT2D eigenvalue weighted by Gasteiger charge is 2.67. The second-order valence-corrected chi connectivity index (χ2v) is 8.54. The summed E-state index contributed by atoms with van der Waals surface area (Å²) in [6.45, 7) is 11.5. The lowest BCUT2D eigenvalue weighted by atomic mass is 9.42. The van der Waals surface area contributed by atoms with E-state index in [9.17, 15) is 0 Å². The Hall–Kier alpha value is -0.200. The number of rotatable bonds is 8. The molecule has 1 unspecified atom stereocenters. The van der Waals surface area contributed by atoms with Crippen molar-refractivity contribution < 1.29 is 9.05 Å². The van der Waals surface area contributed by atoms with Crippen molar-refractivity contribution in [2.75, 3.05) is 6.61 Å². The molecule has 5 heteroatoms. The minimum absolute atomic E-state index is 0.0785. The third kappa shape index (κ3) is 3.17. The Labute approximate surface area is 124 Å². The van der Waals surface area contributed by atoms with Crippen molar-refractivity contribution >= 4 is 8.53 Å². The highest BCUT2D eigenvalue weighted by molar-refractivity contribution is 7.44. The fraction of sp³-hybridized carbons (Fsp3) is 0.933. The zero-order valence-electron chi connectivity index (χ0n) is 13.3. The Morgan fingerprint density at radius 3 is 2.15 bits per heavy atom. The van der Waals surface area contributed by atoms with Gasteiger partial charge in [-0.15, -0.1) is 0 Å². The first kappa shape index (κ1) is 16.2. The monoisotopic (exact) mass is 298 g/mol. The predicted molar refractivity (Wildman–Crippen MR) is 81.0 cm³/mol. The average Bonchev–Trinajstić information content (AvgIpc) is 2.24. The van der Waals surface area contributed by atoms with Gasteiger partial charge in [-0.2, -0.15) is 5.26 Å². The summed E-state index contributed by atoms with van der Waals surface area (Å²) in [6, 6.07) is 2.90. The summed E-state index contributed by atoms with van der Waals surface area (Å²) < 4.78 is 14.7. The molecule has 0 aromatic rings. The molecule has 0 radical (unpaired) electrons. The van der Waals surface area contributed by atoms with E-state index in [0.717, 1.165) is 0 Å². The van der Waals surface area contributed by atoms with Crippen LogP contribution in [0.25, 0.3) is 0 Å². The van der Waals surface area contributed by atoms with E-state index >= 15 is 0 Å². The molecule has 0 aromatic heterocycles. The van der Waals surface area contributed by atoms with E-state index in [1.54, 1.807) is 0 Å². The van der Waals surface area contributed by atoms with E-state index in [-0.39, 0.29) is 5.60 Å². The van der Waals surface area contributed by atoms with Crippen LogP contribution in [0.2, 0.25) is 0 Å². The number of hydrogen-bond donors (Lipinski definition) is 0. The largest absolute Gasteiger partial charge is 0.321 e. The number of nitrogens with zero attached hydrogens (tertiary/aromatic N) is 2. The van der Waals surface area contributed by atoms with Gasteiger partial charge in [0.2, 0.25) is 0 Å². The summed E-state index contributed by atoms with van der Waals surface area (Å²) in [7, 11) is -1.06. The Morgan fingerprint density at radius 1 is 1.20 bits per heavy atom. The van der Waals surface area contributed by atoms with Gasteiger partial charge in [0.15, 0.2) is 0 Å². The summed E-state index contributed by atoms with van der Waals surface area (Å²) >= 11 is 0. The molecule has 20 heavy (non-hydrogen) atoms. The maximum Gasteiger partial charge on any atom is 0.259 e. The third-order valence-electron chi connectivity index (χ3n) is 4.18. The van der Waals surface area contributed by atoms with Gasteiger partial charge in [-0.3, -0.25) is 0 Å². The zero-order chi connectivity index (χ0) is 15.0. The van der Waals surface area contributed by atoms with Gasteiger partial charge in [-0.05, 0) is 52.4 Å².